The number of aromatic nitrogens is 1. The molecule has 4 heteroatoms. The molecule has 0 bridgehead atoms. The van der Waals surface area contributed by atoms with Gasteiger partial charge in [0, 0.05) is 31.6 Å². The van der Waals surface area contributed by atoms with Crippen molar-refractivity contribution in [3.8, 4) is 0 Å². The van der Waals surface area contributed by atoms with E-state index in [-0.39, 0.29) is 0 Å². The maximum Gasteiger partial charge on any atom is 0.132 e. The summed E-state index contributed by atoms with van der Waals surface area (Å²) in [6.07, 6.45) is 0.887. The zero-order valence-corrected chi connectivity index (χ0v) is 13.0. The lowest BCUT2D eigenvalue weighted by atomic mass is 10.1. The van der Waals surface area contributed by atoms with E-state index in [4.69, 9.17) is 10.7 Å². The van der Waals surface area contributed by atoms with Crippen molar-refractivity contribution in [1.82, 2.24) is 9.88 Å². The average molecular weight is 284 g/mol. The predicted molar refractivity (Wildman–Crippen MR) is 88.9 cm³/mol. The highest BCUT2D eigenvalue weighted by Gasteiger charge is 2.19. The predicted octanol–water partition coefficient (Wildman–Crippen LogP) is 1.80. The number of anilines is 1. The number of likely N-dealkylation sites (N-methyl/N-ethyl adjacent to an activating group) is 1. The molecular formula is C17H24N4. The van der Waals surface area contributed by atoms with Gasteiger partial charge in [0.25, 0.3) is 0 Å². The van der Waals surface area contributed by atoms with Crippen molar-refractivity contribution >= 4 is 16.7 Å². The molecule has 1 saturated heterocycles. The highest BCUT2D eigenvalue weighted by atomic mass is 15.3. The van der Waals surface area contributed by atoms with Crippen LogP contribution in [0.15, 0.2) is 24.3 Å². The molecule has 0 atom stereocenters. The van der Waals surface area contributed by atoms with Crippen LogP contribution < -0.4 is 10.6 Å². The maximum absolute atomic E-state index is 5.80. The molecule has 2 N–H and O–H groups in total. The van der Waals surface area contributed by atoms with E-state index in [2.05, 4.69) is 48.0 Å². The Morgan fingerprint density at radius 1 is 1.19 bits per heavy atom. The molecule has 3 rings (SSSR count). The van der Waals surface area contributed by atoms with Gasteiger partial charge in [-0.15, -0.1) is 0 Å². The molecule has 0 unspecified atom stereocenters. The lowest BCUT2D eigenvalue weighted by molar-refractivity contribution is 0.312. The van der Waals surface area contributed by atoms with Crippen LogP contribution in [0.5, 0.6) is 0 Å². The minimum absolute atomic E-state index is 0.666. The molecule has 0 spiro atoms. The molecule has 0 radical (unpaired) electrons. The van der Waals surface area contributed by atoms with Gasteiger partial charge < -0.3 is 15.5 Å². The second-order valence-corrected chi connectivity index (χ2v) is 5.95. The van der Waals surface area contributed by atoms with E-state index in [1.165, 1.54) is 16.5 Å². The summed E-state index contributed by atoms with van der Waals surface area (Å²) in [6, 6.07) is 8.64. The van der Waals surface area contributed by atoms with Gasteiger partial charge in [-0.05, 0) is 44.1 Å². The third kappa shape index (κ3) is 2.87. The summed E-state index contributed by atoms with van der Waals surface area (Å²) in [5, 5.41) is 1.22. The van der Waals surface area contributed by atoms with Gasteiger partial charge in [0.05, 0.1) is 5.52 Å². The summed E-state index contributed by atoms with van der Waals surface area (Å²) < 4.78 is 0. The number of benzene rings is 1. The molecule has 112 valence electrons. The number of rotatable bonds is 3. The quantitative estimate of drug-likeness (QED) is 0.933. The minimum atomic E-state index is 0.666. The number of nitrogens with two attached hydrogens (primary N) is 1. The van der Waals surface area contributed by atoms with Crippen molar-refractivity contribution in [1.29, 1.82) is 0 Å². The van der Waals surface area contributed by atoms with Gasteiger partial charge in [0.15, 0.2) is 0 Å². The van der Waals surface area contributed by atoms with Crippen LogP contribution in [0.1, 0.15) is 11.1 Å². The van der Waals surface area contributed by atoms with Gasteiger partial charge in [0.1, 0.15) is 5.82 Å². The van der Waals surface area contributed by atoms with E-state index in [0.29, 0.717) is 6.54 Å². The lowest BCUT2D eigenvalue weighted by Gasteiger charge is -2.34. The Balaban J connectivity index is 2.05. The van der Waals surface area contributed by atoms with Crippen LogP contribution in [-0.4, -0.2) is 49.7 Å². The first-order valence-corrected chi connectivity index (χ1v) is 7.72. The number of piperazine rings is 1. The first-order chi connectivity index (χ1) is 10.2. The second-order valence-electron chi connectivity index (χ2n) is 5.95. The fourth-order valence-electron chi connectivity index (χ4n) is 3.01. The minimum Gasteiger partial charge on any atom is -0.354 e. The summed E-state index contributed by atoms with van der Waals surface area (Å²) in [5.74, 6) is 1.13. The Hall–Kier alpha value is -1.65. The molecule has 4 nitrogen and oxygen atoms in total. The molecular weight excluding hydrogens is 260 g/mol. The van der Waals surface area contributed by atoms with Crippen LogP contribution in [0, 0.1) is 6.92 Å². The van der Waals surface area contributed by atoms with Gasteiger partial charge >= 0.3 is 0 Å². The Morgan fingerprint density at radius 3 is 2.67 bits per heavy atom. The zero-order chi connectivity index (χ0) is 14.8. The monoisotopic (exact) mass is 284 g/mol. The molecule has 21 heavy (non-hydrogen) atoms. The number of nitrogens with zero attached hydrogens (tertiary/aromatic N) is 3. The van der Waals surface area contributed by atoms with E-state index in [9.17, 15) is 0 Å². The second kappa shape index (κ2) is 6.00. The number of hydrogen-bond donors (Lipinski definition) is 1. The van der Waals surface area contributed by atoms with Crippen molar-refractivity contribution in [2.45, 2.75) is 13.3 Å². The number of aryl methyl sites for hydroxylation is 1. The van der Waals surface area contributed by atoms with Crippen LogP contribution in [0.3, 0.4) is 0 Å². The van der Waals surface area contributed by atoms with Crippen molar-refractivity contribution in [2.24, 2.45) is 5.73 Å². The normalized spacial score (nSPS) is 16.6. The summed E-state index contributed by atoms with van der Waals surface area (Å²) in [5.41, 5.74) is 9.43. The highest BCUT2D eigenvalue weighted by molar-refractivity contribution is 5.84. The standard InChI is InChI=1S/C17H24N4/c1-13-4-3-5-14-12-15(6-7-18)17(19-16(13)14)21-10-8-20(2)9-11-21/h3-5,12H,6-11,18H2,1-2H3. The molecule has 2 aromatic rings. The van der Waals surface area contributed by atoms with Crippen LogP contribution in [-0.2, 0) is 6.42 Å². The molecule has 0 saturated carbocycles. The van der Waals surface area contributed by atoms with Gasteiger partial charge in [-0.2, -0.15) is 0 Å². The van der Waals surface area contributed by atoms with E-state index in [1.54, 1.807) is 0 Å². The van der Waals surface area contributed by atoms with Gasteiger partial charge in [-0.25, -0.2) is 4.98 Å². The van der Waals surface area contributed by atoms with Gasteiger partial charge in [-0.3, -0.25) is 0 Å². The Labute approximate surface area is 126 Å². The third-order valence-electron chi connectivity index (χ3n) is 4.32. The third-order valence-corrected chi connectivity index (χ3v) is 4.32. The smallest absolute Gasteiger partial charge is 0.132 e. The van der Waals surface area contributed by atoms with Crippen molar-refractivity contribution in [2.75, 3.05) is 44.7 Å². The Bertz CT molecular complexity index is 630. The maximum atomic E-state index is 5.80. The molecule has 1 aromatic carbocycles. The molecule has 2 heterocycles. The Kier molecular flexibility index (Phi) is 4.08. The Morgan fingerprint density at radius 2 is 1.95 bits per heavy atom. The van der Waals surface area contributed by atoms with E-state index in [1.807, 2.05) is 0 Å². The van der Waals surface area contributed by atoms with Gasteiger partial charge in [-0.1, -0.05) is 18.2 Å². The lowest BCUT2D eigenvalue weighted by Crippen LogP contribution is -2.45. The zero-order valence-electron chi connectivity index (χ0n) is 13.0. The molecule has 0 amide bonds. The fourth-order valence-corrected chi connectivity index (χ4v) is 3.01. The first-order valence-electron chi connectivity index (χ1n) is 7.72. The van der Waals surface area contributed by atoms with Crippen molar-refractivity contribution in [3.63, 3.8) is 0 Å². The first kappa shape index (κ1) is 14.3. The summed E-state index contributed by atoms with van der Waals surface area (Å²) in [4.78, 5) is 9.77. The van der Waals surface area contributed by atoms with E-state index in [0.717, 1.165) is 43.9 Å². The topological polar surface area (TPSA) is 45.4 Å². The SMILES string of the molecule is Cc1cccc2cc(CCN)c(N3CCN(C)CC3)nc12. The molecule has 0 aliphatic carbocycles. The number of fused-ring (bicyclic) bond motifs is 1. The number of para-hydroxylation sites is 1. The molecule has 1 aliphatic heterocycles. The molecule has 1 fully saturated rings. The fraction of sp³-hybridized carbons (Fsp3) is 0.471. The van der Waals surface area contributed by atoms with E-state index < -0.39 is 0 Å². The molecule has 1 aromatic heterocycles. The average Bonchev–Trinajstić information content (AvgIpc) is 2.48. The van der Waals surface area contributed by atoms with Crippen LogP contribution in [0.25, 0.3) is 10.9 Å². The summed E-state index contributed by atoms with van der Waals surface area (Å²) in [7, 11) is 2.18. The largest absolute Gasteiger partial charge is 0.354 e. The summed E-state index contributed by atoms with van der Waals surface area (Å²) >= 11 is 0. The van der Waals surface area contributed by atoms with Crippen LogP contribution >= 0.6 is 0 Å². The molecule has 1 aliphatic rings. The number of pyridine rings is 1. The van der Waals surface area contributed by atoms with Crippen molar-refractivity contribution < 1.29 is 0 Å². The summed E-state index contributed by atoms with van der Waals surface area (Å²) in [6.45, 7) is 7.06. The number of hydrogen-bond acceptors (Lipinski definition) is 4. The van der Waals surface area contributed by atoms with Gasteiger partial charge in [0.2, 0.25) is 0 Å². The van der Waals surface area contributed by atoms with Crippen LogP contribution in [0.2, 0.25) is 0 Å². The van der Waals surface area contributed by atoms with Crippen LogP contribution in [0.4, 0.5) is 5.82 Å². The van der Waals surface area contributed by atoms with Crippen molar-refractivity contribution in [3.05, 3.63) is 35.4 Å². The highest BCUT2D eigenvalue weighted by Crippen LogP contribution is 2.26. The van der Waals surface area contributed by atoms with E-state index >= 15 is 0 Å².